The van der Waals surface area contributed by atoms with E-state index in [1.54, 1.807) is 6.07 Å². The van der Waals surface area contributed by atoms with E-state index < -0.39 is 0 Å². The van der Waals surface area contributed by atoms with E-state index in [4.69, 9.17) is 0 Å². The highest BCUT2D eigenvalue weighted by Gasteiger charge is 2.03. The molecule has 0 aliphatic rings. The summed E-state index contributed by atoms with van der Waals surface area (Å²) in [5, 5.41) is 15.2. The number of nitrogens with zero attached hydrogens (tertiary/aromatic N) is 1. The van der Waals surface area contributed by atoms with Crippen molar-refractivity contribution in [3.8, 4) is 5.75 Å². The van der Waals surface area contributed by atoms with Crippen molar-refractivity contribution in [3.63, 3.8) is 0 Å². The fourth-order valence-electron chi connectivity index (χ4n) is 2.31. The van der Waals surface area contributed by atoms with Gasteiger partial charge in [-0.25, -0.2) is 0 Å². The van der Waals surface area contributed by atoms with E-state index in [1.165, 1.54) is 5.56 Å². The monoisotopic (exact) mass is 252 g/mol. The fraction of sp³-hybridized carbons (Fsp3) is 0.125. The van der Waals surface area contributed by atoms with Gasteiger partial charge < -0.3 is 15.0 Å². The first-order valence-corrected chi connectivity index (χ1v) is 6.29. The SMILES string of the molecule is Cn1ccc(CNc2cccc3c(O)cccc23)c1. The minimum absolute atomic E-state index is 0.320. The number of fused-ring (bicyclic) bond motifs is 1. The van der Waals surface area contributed by atoms with E-state index in [0.29, 0.717) is 5.75 Å². The Morgan fingerprint density at radius 1 is 1.05 bits per heavy atom. The summed E-state index contributed by atoms with van der Waals surface area (Å²) in [6.45, 7) is 0.773. The summed E-state index contributed by atoms with van der Waals surface area (Å²) in [7, 11) is 2.01. The third-order valence-electron chi connectivity index (χ3n) is 3.28. The number of anilines is 1. The molecule has 3 rings (SSSR count). The van der Waals surface area contributed by atoms with Gasteiger partial charge in [-0.3, -0.25) is 0 Å². The number of rotatable bonds is 3. The van der Waals surface area contributed by atoms with Crippen molar-refractivity contribution in [2.75, 3.05) is 5.32 Å². The van der Waals surface area contributed by atoms with E-state index in [1.807, 2.05) is 48.1 Å². The van der Waals surface area contributed by atoms with Crippen LogP contribution in [0.3, 0.4) is 0 Å². The van der Waals surface area contributed by atoms with Gasteiger partial charge in [0.05, 0.1) is 0 Å². The molecule has 3 heteroatoms. The molecule has 96 valence electrons. The Morgan fingerprint density at radius 3 is 2.63 bits per heavy atom. The average Bonchev–Trinajstić information content (AvgIpc) is 2.83. The van der Waals surface area contributed by atoms with E-state index in [2.05, 4.69) is 17.6 Å². The summed E-state index contributed by atoms with van der Waals surface area (Å²) in [4.78, 5) is 0. The van der Waals surface area contributed by atoms with Crippen molar-refractivity contribution in [1.29, 1.82) is 0 Å². The molecule has 1 aromatic heterocycles. The molecule has 0 saturated carbocycles. The van der Waals surface area contributed by atoms with Crippen LogP contribution < -0.4 is 5.32 Å². The van der Waals surface area contributed by atoms with Crippen molar-refractivity contribution in [2.24, 2.45) is 7.05 Å². The third-order valence-corrected chi connectivity index (χ3v) is 3.28. The lowest BCUT2D eigenvalue weighted by atomic mass is 10.1. The summed E-state index contributed by atoms with van der Waals surface area (Å²) < 4.78 is 2.03. The van der Waals surface area contributed by atoms with Gasteiger partial charge in [0.25, 0.3) is 0 Å². The Morgan fingerprint density at radius 2 is 1.84 bits per heavy atom. The Balaban J connectivity index is 1.91. The molecule has 0 aliphatic carbocycles. The van der Waals surface area contributed by atoms with Crippen molar-refractivity contribution in [2.45, 2.75) is 6.54 Å². The lowest BCUT2D eigenvalue weighted by Gasteiger charge is -2.09. The van der Waals surface area contributed by atoms with Crippen molar-refractivity contribution in [1.82, 2.24) is 4.57 Å². The van der Waals surface area contributed by atoms with E-state index in [-0.39, 0.29) is 0 Å². The van der Waals surface area contributed by atoms with Crippen LogP contribution in [0.5, 0.6) is 5.75 Å². The zero-order valence-electron chi connectivity index (χ0n) is 10.8. The number of aryl methyl sites for hydroxylation is 1. The molecule has 0 atom stereocenters. The second-order valence-corrected chi connectivity index (χ2v) is 4.72. The summed E-state index contributed by atoms with van der Waals surface area (Å²) in [6.07, 6.45) is 4.13. The molecule has 1 heterocycles. The van der Waals surface area contributed by atoms with Crippen LogP contribution in [-0.2, 0) is 13.6 Å². The maximum Gasteiger partial charge on any atom is 0.123 e. The lowest BCUT2D eigenvalue weighted by Crippen LogP contribution is -1.99. The van der Waals surface area contributed by atoms with Crippen molar-refractivity contribution >= 4 is 16.5 Å². The molecule has 0 bridgehead atoms. The Labute approximate surface area is 112 Å². The van der Waals surface area contributed by atoms with Crippen LogP contribution >= 0.6 is 0 Å². The Kier molecular flexibility index (Phi) is 2.88. The second-order valence-electron chi connectivity index (χ2n) is 4.72. The number of hydrogen-bond acceptors (Lipinski definition) is 2. The molecular formula is C16H16N2O. The molecular weight excluding hydrogens is 236 g/mol. The van der Waals surface area contributed by atoms with Crippen LogP contribution in [0.25, 0.3) is 10.8 Å². The van der Waals surface area contributed by atoms with Gasteiger partial charge in [-0.15, -0.1) is 0 Å². The topological polar surface area (TPSA) is 37.2 Å². The minimum atomic E-state index is 0.320. The first-order chi connectivity index (χ1) is 9.24. The Bertz CT molecular complexity index is 716. The van der Waals surface area contributed by atoms with Crippen LogP contribution in [-0.4, -0.2) is 9.67 Å². The van der Waals surface area contributed by atoms with Crippen LogP contribution in [0.1, 0.15) is 5.56 Å². The van der Waals surface area contributed by atoms with Crippen LogP contribution in [0.4, 0.5) is 5.69 Å². The molecule has 0 radical (unpaired) electrons. The largest absolute Gasteiger partial charge is 0.507 e. The van der Waals surface area contributed by atoms with Gasteiger partial charge in [0.15, 0.2) is 0 Å². The Hall–Kier alpha value is -2.42. The van der Waals surface area contributed by atoms with E-state index >= 15 is 0 Å². The highest BCUT2D eigenvalue weighted by atomic mass is 16.3. The molecule has 0 amide bonds. The molecule has 19 heavy (non-hydrogen) atoms. The number of phenolic OH excluding ortho intramolecular Hbond substituents is 1. The minimum Gasteiger partial charge on any atom is -0.507 e. The van der Waals surface area contributed by atoms with Gasteiger partial charge in [0, 0.05) is 42.4 Å². The molecule has 0 saturated heterocycles. The lowest BCUT2D eigenvalue weighted by molar-refractivity contribution is 0.481. The van der Waals surface area contributed by atoms with E-state index in [9.17, 15) is 5.11 Å². The second kappa shape index (κ2) is 4.69. The number of nitrogens with one attached hydrogen (secondary N) is 1. The van der Waals surface area contributed by atoms with Crippen LogP contribution in [0.2, 0.25) is 0 Å². The summed E-state index contributed by atoms with van der Waals surface area (Å²) in [5.41, 5.74) is 2.27. The zero-order chi connectivity index (χ0) is 13.2. The normalized spacial score (nSPS) is 10.8. The predicted molar refractivity (Wildman–Crippen MR) is 78.4 cm³/mol. The van der Waals surface area contributed by atoms with Gasteiger partial charge in [0.2, 0.25) is 0 Å². The standard InChI is InChI=1S/C16H16N2O/c1-18-9-8-12(11-18)10-17-15-6-2-5-14-13(15)4-3-7-16(14)19/h2-9,11,17,19H,10H2,1H3. The van der Waals surface area contributed by atoms with Gasteiger partial charge in [0.1, 0.15) is 5.75 Å². The summed E-state index contributed by atoms with van der Waals surface area (Å²) >= 11 is 0. The zero-order valence-corrected chi connectivity index (χ0v) is 10.8. The third kappa shape index (κ3) is 2.27. The molecule has 0 aliphatic heterocycles. The quantitative estimate of drug-likeness (QED) is 0.748. The average molecular weight is 252 g/mol. The van der Waals surface area contributed by atoms with Crippen LogP contribution in [0.15, 0.2) is 54.9 Å². The smallest absolute Gasteiger partial charge is 0.123 e. The predicted octanol–water partition coefficient (Wildman–Crippen LogP) is 3.50. The summed E-state index contributed by atoms with van der Waals surface area (Å²) in [6, 6.07) is 13.6. The van der Waals surface area contributed by atoms with Gasteiger partial charge in [-0.1, -0.05) is 24.3 Å². The number of hydrogen-bond donors (Lipinski definition) is 2. The first-order valence-electron chi connectivity index (χ1n) is 6.29. The molecule has 3 nitrogen and oxygen atoms in total. The van der Waals surface area contributed by atoms with Gasteiger partial charge in [-0.05, 0) is 23.8 Å². The number of aromatic hydroxyl groups is 1. The highest BCUT2D eigenvalue weighted by molar-refractivity contribution is 5.97. The van der Waals surface area contributed by atoms with Gasteiger partial charge in [-0.2, -0.15) is 0 Å². The van der Waals surface area contributed by atoms with Crippen LogP contribution in [0, 0.1) is 0 Å². The molecule has 0 unspecified atom stereocenters. The highest BCUT2D eigenvalue weighted by Crippen LogP contribution is 2.29. The molecule has 0 spiro atoms. The number of phenols is 1. The maximum atomic E-state index is 9.85. The molecule has 3 aromatic rings. The number of benzene rings is 2. The van der Waals surface area contributed by atoms with Crippen molar-refractivity contribution < 1.29 is 5.11 Å². The van der Waals surface area contributed by atoms with Gasteiger partial charge >= 0.3 is 0 Å². The first kappa shape index (κ1) is 11.7. The fourth-order valence-corrected chi connectivity index (χ4v) is 2.31. The molecule has 0 fully saturated rings. The molecule has 2 aromatic carbocycles. The molecule has 2 N–H and O–H groups in total. The van der Waals surface area contributed by atoms with E-state index in [0.717, 1.165) is 23.0 Å². The van der Waals surface area contributed by atoms with Crippen molar-refractivity contribution in [3.05, 3.63) is 60.4 Å². The number of aromatic nitrogens is 1. The summed E-state index contributed by atoms with van der Waals surface area (Å²) in [5.74, 6) is 0.320. The maximum absolute atomic E-state index is 9.85.